The maximum absolute atomic E-state index is 3.03. The summed E-state index contributed by atoms with van der Waals surface area (Å²) in [6.45, 7) is 0.105. The fourth-order valence-electron chi connectivity index (χ4n) is 27.0. The molecule has 26 rings (SSSR count). The summed E-state index contributed by atoms with van der Waals surface area (Å²) in [5, 5.41) is 6.29. The Balaban J connectivity index is 0.858. The zero-order valence-electron chi connectivity index (χ0n) is 46.7. The van der Waals surface area contributed by atoms with Crippen LogP contribution in [-0.4, -0.2) is 15.9 Å². The first-order valence-corrected chi connectivity index (χ1v) is 33.2. The van der Waals surface area contributed by atoms with Gasteiger partial charge in [0.15, 0.2) is 0 Å². The number of rotatable bonds is 5. The molecule has 0 spiro atoms. The monoisotopic (exact) mass is 1030 g/mol. The van der Waals surface area contributed by atoms with Crippen LogP contribution in [0.15, 0.2) is 103 Å². The Bertz CT molecular complexity index is 3940. The molecule has 0 saturated heterocycles. The summed E-state index contributed by atoms with van der Waals surface area (Å²) in [4.78, 5) is 0. The molecule has 18 aliphatic rings. The molecule has 2 nitrogen and oxygen atoms in total. The van der Waals surface area contributed by atoms with Crippen molar-refractivity contribution in [1.82, 2.24) is 9.05 Å². The predicted octanol–water partition coefficient (Wildman–Crippen LogP) is 17.4. The third-order valence-corrected chi connectivity index (χ3v) is 28.0. The second-order valence-corrected chi connectivity index (χ2v) is 32.6. The summed E-state index contributed by atoms with van der Waals surface area (Å²) in [5.74, 6) is 11.1. The Morgan fingerprint density at radius 2 is 0.734 bits per heavy atom. The third-order valence-electron chi connectivity index (χ3n) is 28.0. The molecule has 0 unspecified atom stereocenters. The van der Waals surface area contributed by atoms with E-state index in [9.17, 15) is 0 Å². The topological polar surface area (TPSA) is 9.86 Å². The second kappa shape index (κ2) is 14.4. The van der Waals surface area contributed by atoms with Crippen LogP contribution in [0.4, 0.5) is 0 Å². The predicted molar refractivity (Wildman–Crippen MR) is 324 cm³/mol. The molecule has 0 radical (unpaired) electrons. The lowest BCUT2D eigenvalue weighted by Crippen LogP contribution is -2.56. The van der Waals surface area contributed by atoms with E-state index in [0.717, 1.165) is 71.0 Å². The van der Waals surface area contributed by atoms with Gasteiger partial charge >= 0.3 is 6.85 Å². The highest BCUT2D eigenvalue weighted by Gasteiger charge is 2.57. The molecule has 8 aromatic rings. The molecule has 6 aromatic carbocycles. The molecule has 2 aliphatic heterocycles. The average molecular weight is 1030 g/mol. The number of nitrogens with zero attached hydrogens (tertiary/aromatic N) is 2. The van der Waals surface area contributed by atoms with E-state index < -0.39 is 0 Å². The highest BCUT2D eigenvalue weighted by molar-refractivity contribution is 6.90. The Morgan fingerprint density at radius 1 is 0.329 bits per heavy atom. The summed E-state index contributed by atoms with van der Waals surface area (Å²) >= 11 is 0. The van der Waals surface area contributed by atoms with Gasteiger partial charge in [0.2, 0.25) is 0 Å². The summed E-state index contributed by atoms with van der Waals surface area (Å²) in [6.07, 6.45) is 35.0. The van der Waals surface area contributed by atoms with Crippen molar-refractivity contribution >= 4 is 61.4 Å². The lowest BCUT2D eigenvalue weighted by Gasteiger charge is -2.57. The van der Waals surface area contributed by atoms with Crippen LogP contribution in [0.25, 0.3) is 71.6 Å². The van der Waals surface area contributed by atoms with Crippen molar-refractivity contribution in [3.05, 3.63) is 125 Å². The second-order valence-electron chi connectivity index (χ2n) is 32.6. The van der Waals surface area contributed by atoms with Crippen LogP contribution >= 0.6 is 0 Å². The number of aromatic nitrogens is 2. The highest BCUT2D eigenvalue weighted by atomic mass is 15.0. The van der Waals surface area contributed by atoms with Gasteiger partial charge in [-0.15, -0.1) is 0 Å². The molecule has 4 heterocycles. The van der Waals surface area contributed by atoms with Crippen molar-refractivity contribution in [3.8, 4) is 27.9 Å². The summed E-state index contributed by atoms with van der Waals surface area (Å²) in [6, 6.07) is 45.1. The SMILES string of the molecule is c1ccc(-c2cc3c4c(c2)-n2c5ccc(C67CC8CC(CC(C8)C6)C7)cc5c5cc(C67CC8CC(CC(C8)C6)C7)cc(c52)B4n2c4ccc(C56CC7CC(CC(C7)C5)C6)cc4c4cc(C56CC7CC(CC(C7)C5)C6)cc-3c42)cc1. The van der Waals surface area contributed by atoms with E-state index in [0.29, 0.717) is 21.7 Å². The lowest BCUT2D eigenvalue weighted by atomic mass is 9.44. The van der Waals surface area contributed by atoms with Gasteiger partial charge in [0.25, 0.3) is 0 Å². The van der Waals surface area contributed by atoms with E-state index in [2.05, 4.69) is 112 Å². The maximum Gasteiger partial charge on any atom is 0.333 e. The van der Waals surface area contributed by atoms with Crippen LogP contribution in [0.5, 0.6) is 0 Å². The molecule has 394 valence electrons. The van der Waals surface area contributed by atoms with Gasteiger partial charge in [-0.2, -0.15) is 0 Å². The Morgan fingerprint density at radius 3 is 1.22 bits per heavy atom. The van der Waals surface area contributed by atoms with E-state index in [4.69, 9.17) is 0 Å². The molecule has 16 aliphatic carbocycles. The van der Waals surface area contributed by atoms with E-state index >= 15 is 0 Å². The normalized spacial score (nSPS) is 40.4. The summed E-state index contributed by atoms with van der Waals surface area (Å²) in [7, 11) is 0. The quantitative estimate of drug-likeness (QED) is 0.152. The summed E-state index contributed by atoms with van der Waals surface area (Å²) < 4.78 is 5.91. The first-order chi connectivity index (χ1) is 38.7. The smallest absolute Gasteiger partial charge is 0.333 e. The highest BCUT2D eigenvalue weighted by Crippen LogP contribution is 2.66. The third kappa shape index (κ3) is 5.57. The number of hydrogen-bond acceptors (Lipinski definition) is 0. The van der Waals surface area contributed by atoms with Crippen molar-refractivity contribution in [2.24, 2.45) is 71.0 Å². The standard InChI is InChI=1S/C76H77BN2/c1-2-4-54(5-3-1)55-22-62-65-27-58(75-36-48-16-49(37-75)18-50(17-48)38-75)26-63-61-25-57(74-33-45-13-46(34-74)15-47(14-45)35-74)7-9-68(61)79(71(63)65)77-66-29-59(76-39-51-19-52(40-76)21-53(20-51)41-76)28-64-60-24-56(73-30-42-10-43(31-73)12-44(11-42)32-73)6-8-67(60)78(72(64)66)69(23-55)70(62)77/h1-9,22-29,42-53H,10-21,30-41H2. The molecular formula is C76H77BN2. The number of benzene rings is 6. The van der Waals surface area contributed by atoms with Crippen LogP contribution in [-0.2, 0) is 21.7 Å². The molecule has 0 atom stereocenters. The molecule has 79 heavy (non-hydrogen) atoms. The molecule has 0 N–H and O–H groups in total. The van der Waals surface area contributed by atoms with E-state index in [-0.39, 0.29) is 6.85 Å². The molecule has 16 saturated carbocycles. The van der Waals surface area contributed by atoms with Crippen molar-refractivity contribution in [2.75, 3.05) is 0 Å². The minimum Gasteiger partial charge on any atom is -0.375 e. The number of hydrogen-bond donors (Lipinski definition) is 0. The van der Waals surface area contributed by atoms with Crippen molar-refractivity contribution in [1.29, 1.82) is 0 Å². The van der Waals surface area contributed by atoms with E-state index in [1.54, 1.807) is 65.8 Å². The van der Waals surface area contributed by atoms with Gasteiger partial charge in [-0.1, -0.05) is 48.5 Å². The van der Waals surface area contributed by atoms with Crippen LogP contribution in [0.3, 0.4) is 0 Å². The zero-order chi connectivity index (χ0) is 50.6. The minimum absolute atomic E-state index is 0.105. The molecule has 3 heteroatoms. The van der Waals surface area contributed by atoms with Gasteiger partial charge in [0.05, 0.1) is 11.0 Å². The van der Waals surface area contributed by atoms with Gasteiger partial charge in [0.1, 0.15) is 0 Å². The van der Waals surface area contributed by atoms with Crippen LogP contribution < -0.4 is 10.9 Å². The van der Waals surface area contributed by atoms with Crippen LogP contribution in [0.2, 0.25) is 0 Å². The Kier molecular flexibility index (Phi) is 7.97. The summed E-state index contributed by atoms with van der Waals surface area (Å²) in [5.41, 5.74) is 24.6. The fourth-order valence-corrected chi connectivity index (χ4v) is 27.0. The van der Waals surface area contributed by atoms with Gasteiger partial charge in [-0.25, -0.2) is 0 Å². The molecule has 2 aromatic heterocycles. The van der Waals surface area contributed by atoms with Gasteiger partial charge in [0, 0.05) is 43.8 Å². The van der Waals surface area contributed by atoms with Gasteiger partial charge in [-0.3, -0.25) is 0 Å². The van der Waals surface area contributed by atoms with Gasteiger partial charge in [-0.05, 0) is 351 Å². The van der Waals surface area contributed by atoms with Crippen LogP contribution in [0, 0.1) is 71.0 Å². The zero-order valence-corrected chi connectivity index (χ0v) is 46.7. The largest absolute Gasteiger partial charge is 0.375 e. The number of fused-ring (bicyclic) bond motifs is 10. The average Bonchev–Trinajstić information content (AvgIpc) is 3.43. The molecule has 16 fully saturated rings. The molecular weight excluding hydrogens is 952 g/mol. The molecule has 16 bridgehead atoms. The van der Waals surface area contributed by atoms with E-state index in [1.807, 2.05) is 0 Å². The lowest BCUT2D eigenvalue weighted by molar-refractivity contribution is -0.00527. The van der Waals surface area contributed by atoms with Crippen LogP contribution in [0.1, 0.15) is 176 Å². The molecule has 0 amide bonds. The van der Waals surface area contributed by atoms with Gasteiger partial charge < -0.3 is 9.05 Å². The first kappa shape index (κ1) is 43.7. The Labute approximate surface area is 468 Å². The maximum atomic E-state index is 3.03. The first-order valence-electron chi connectivity index (χ1n) is 33.2. The fraction of sp³-hybridized carbons (Fsp3) is 0.526. The minimum atomic E-state index is 0.105. The van der Waals surface area contributed by atoms with E-state index in [1.165, 1.54) is 193 Å². The van der Waals surface area contributed by atoms with Crippen molar-refractivity contribution in [2.45, 2.75) is 176 Å². The van der Waals surface area contributed by atoms with Crippen molar-refractivity contribution in [3.63, 3.8) is 0 Å². The Hall–Kier alpha value is -5.02. The van der Waals surface area contributed by atoms with Crippen molar-refractivity contribution < 1.29 is 0 Å².